The van der Waals surface area contributed by atoms with Crippen LogP contribution in [-0.4, -0.2) is 27.6 Å². The molecule has 0 fully saturated rings. The van der Waals surface area contributed by atoms with Crippen molar-refractivity contribution in [2.45, 2.75) is 19.4 Å². The number of carboxylic acid groups (broad SMARTS) is 1. The molecule has 6 heteroatoms. The second-order valence-electron chi connectivity index (χ2n) is 4.26. The smallest absolute Gasteiger partial charge is 0.322 e. The second kappa shape index (κ2) is 5.42. The maximum Gasteiger partial charge on any atom is 0.322 e. The molecule has 0 bridgehead atoms. The summed E-state index contributed by atoms with van der Waals surface area (Å²) in [4.78, 5) is 24.8. The van der Waals surface area contributed by atoms with E-state index in [1.807, 2.05) is 24.3 Å². The molecule has 0 saturated heterocycles. The molecule has 0 aliphatic carbocycles. The monoisotopic (exact) mass is 280 g/mol. The van der Waals surface area contributed by atoms with Crippen LogP contribution in [-0.2, 0) is 11.2 Å². The predicted molar refractivity (Wildman–Crippen MR) is 72.4 cm³/mol. The maximum atomic E-state index is 11.6. The number of halogens is 1. The molecular formula is C13H13ClN2O3. The van der Waals surface area contributed by atoms with Gasteiger partial charge in [0, 0.05) is 24.9 Å². The highest BCUT2D eigenvalue weighted by Gasteiger charge is 2.20. The topological polar surface area (TPSA) is 71.3 Å². The SMILES string of the molecule is CC(=O)n1cc(C[C@H](NCl)C(=O)O)c2ccccc21. The van der Waals surface area contributed by atoms with Crippen molar-refractivity contribution in [3.63, 3.8) is 0 Å². The van der Waals surface area contributed by atoms with Gasteiger partial charge < -0.3 is 5.11 Å². The minimum Gasteiger partial charge on any atom is -0.480 e. The van der Waals surface area contributed by atoms with Crippen LogP contribution in [0.15, 0.2) is 30.5 Å². The van der Waals surface area contributed by atoms with Crippen LogP contribution in [0, 0.1) is 0 Å². The van der Waals surface area contributed by atoms with Gasteiger partial charge in [-0.15, -0.1) is 0 Å². The number of rotatable bonds is 4. The third kappa shape index (κ3) is 2.62. The van der Waals surface area contributed by atoms with Crippen LogP contribution in [0.1, 0.15) is 17.3 Å². The summed E-state index contributed by atoms with van der Waals surface area (Å²) in [6.07, 6.45) is 1.87. The molecule has 100 valence electrons. The highest BCUT2D eigenvalue weighted by atomic mass is 35.5. The van der Waals surface area contributed by atoms with Gasteiger partial charge in [0.1, 0.15) is 6.04 Å². The Kier molecular flexibility index (Phi) is 3.87. The maximum absolute atomic E-state index is 11.6. The standard InChI is InChI=1S/C13H13ClN2O3/c1-8(17)16-7-9(6-11(15-14)13(18)19)10-4-2-3-5-12(10)16/h2-5,7,11,15H,6H2,1H3,(H,18,19)/t11-/m0/s1. The molecule has 2 rings (SSSR count). The van der Waals surface area contributed by atoms with Crippen molar-refractivity contribution in [1.82, 2.24) is 9.40 Å². The highest BCUT2D eigenvalue weighted by molar-refractivity contribution is 6.14. The van der Waals surface area contributed by atoms with Gasteiger partial charge in [0.25, 0.3) is 0 Å². The Morgan fingerprint density at radius 3 is 2.68 bits per heavy atom. The number of hydrogen-bond acceptors (Lipinski definition) is 3. The van der Waals surface area contributed by atoms with E-state index in [0.29, 0.717) is 0 Å². The quantitative estimate of drug-likeness (QED) is 0.841. The molecule has 1 heterocycles. The van der Waals surface area contributed by atoms with E-state index in [1.54, 1.807) is 6.20 Å². The van der Waals surface area contributed by atoms with Crippen molar-refractivity contribution in [3.8, 4) is 0 Å². The van der Waals surface area contributed by atoms with E-state index in [4.69, 9.17) is 16.9 Å². The molecule has 0 unspecified atom stereocenters. The Hall–Kier alpha value is -1.85. The Bertz CT molecular complexity index is 636. The minimum atomic E-state index is -1.03. The molecule has 0 aliphatic rings. The van der Waals surface area contributed by atoms with Gasteiger partial charge in [-0.25, -0.2) is 4.84 Å². The van der Waals surface area contributed by atoms with E-state index in [0.717, 1.165) is 16.5 Å². The molecule has 0 radical (unpaired) electrons. The van der Waals surface area contributed by atoms with Crippen LogP contribution in [0.5, 0.6) is 0 Å². The number of aliphatic carboxylic acids is 1. The fraction of sp³-hybridized carbons (Fsp3) is 0.231. The van der Waals surface area contributed by atoms with E-state index >= 15 is 0 Å². The van der Waals surface area contributed by atoms with Crippen molar-refractivity contribution in [2.24, 2.45) is 0 Å². The van der Waals surface area contributed by atoms with Gasteiger partial charge in [-0.1, -0.05) is 18.2 Å². The van der Waals surface area contributed by atoms with Gasteiger partial charge in [0.2, 0.25) is 5.91 Å². The summed E-state index contributed by atoms with van der Waals surface area (Å²) in [5, 5.41) is 9.86. The molecule has 2 N–H and O–H groups in total. The Morgan fingerprint density at radius 2 is 2.11 bits per heavy atom. The van der Waals surface area contributed by atoms with Crippen LogP contribution in [0.25, 0.3) is 10.9 Å². The van der Waals surface area contributed by atoms with Crippen molar-refractivity contribution >= 4 is 34.6 Å². The van der Waals surface area contributed by atoms with E-state index in [-0.39, 0.29) is 12.3 Å². The van der Waals surface area contributed by atoms with Crippen molar-refractivity contribution < 1.29 is 14.7 Å². The zero-order valence-corrected chi connectivity index (χ0v) is 11.0. The van der Waals surface area contributed by atoms with E-state index in [2.05, 4.69) is 4.84 Å². The van der Waals surface area contributed by atoms with Gasteiger partial charge in [-0.3, -0.25) is 14.2 Å². The van der Waals surface area contributed by atoms with Crippen LogP contribution < -0.4 is 4.84 Å². The summed E-state index contributed by atoms with van der Waals surface area (Å²) in [6.45, 7) is 1.46. The molecule has 5 nitrogen and oxygen atoms in total. The number of hydrogen-bond donors (Lipinski definition) is 2. The zero-order chi connectivity index (χ0) is 14.0. The first-order valence-electron chi connectivity index (χ1n) is 5.73. The number of carbonyl (C=O) groups is 2. The number of fused-ring (bicyclic) bond motifs is 1. The largest absolute Gasteiger partial charge is 0.480 e. The van der Waals surface area contributed by atoms with Gasteiger partial charge >= 0.3 is 5.97 Å². The number of para-hydroxylation sites is 1. The third-order valence-corrected chi connectivity index (χ3v) is 3.25. The molecule has 2 aromatic rings. The zero-order valence-electron chi connectivity index (χ0n) is 10.3. The summed E-state index contributed by atoms with van der Waals surface area (Å²) in [5.41, 5.74) is 1.54. The van der Waals surface area contributed by atoms with Crippen LogP contribution in [0.4, 0.5) is 0 Å². The number of nitrogens with one attached hydrogen (secondary N) is 1. The van der Waals surface area contributed by atoms with E-state index in [9.17, 15) is 9.59 Å². The van der Waals surface area contributed by atoms with Gasteiger partial charge in [0.05, 0.1) is 5.52 Å². The molecule has 0 aliphatic heterocycles. The number of aromatic nitrogens is 1. The molecule has 19 heavy (non-hydrogen) atoms. The first kappa shape index (κ1) is 13.6. The van der Waals surface area contributed by atoms with Crippen LogP contribution in [0.2, 0.25) is 0 Å². The number of benzene rings is 1. The summed E-state index contributed by atoms with van der Waals surface area (Å²) in [7, 11) is 0. The molecule has 1 atom stereocenters. The van der Waals surface area contributed by atoms with E-state index < -0.39 is 12.0 Å². The molecule has 1 aromatic carbocycles. The number of carbonyl (C=O) groups excluding carboxylic acids is 1. The molecule has 0 amide bonds. The average Bonchev–Trinajstić information content (AvgIpc) is 2.74. The summed E-state index contributed by atoms with van der Waals surface area (Å²) < 4.78 is 1.51. The van der Waals surface area contributed by atoms with Gasteiger partial charge in [-0.05, 0) is 23.4 Å². The van der Waals surface area contributed by atoms with Crippen molar-refractivity contribution in [2.75, 3.05) is 0 Å². The molecule has 1 aromatic heterocycles. The lowest BCUT2D eigenvalue weighted by molar-refractivity contribution is -0.138. The summed E-state index contributed by atoms with van der Waals surface area (Å²) >= 11 is 5.43. The normalized spacial score (nSPS) is 12.5. The summed E-state index contributed by atoms with van der Waals surface area (Å²) in [5.74, 6) is -1.15. The number of carboxylic acids is 1. The van der Waals surface area contributed by atoms with Crippen LogP contribution >= 0.6 is 11.8 Å². The molecular weight excluding hydrogens is 268 g/mol. The van der Waals surface area contributed by atoms with Crippen molar-refractivity contribution in [1.29, 1.82) is 0 Å². The van der Waals surface area contributed by atoms with Crippen molar-refractivity contribution in [3.05, 3.63) is 36.0 Å². The second-order valence-corrected chi connectivity index (χ2v) is 4.48. The fourth-order valence-electron chi connectivity index (χ4n) is 2.07. The molecule has 0 spiro atoms. The predicted octanol–water partition coefficient (Wildman–Crippen LogP) is 2.04. The Labute approximate surface area is 114 Å². The Balaban J connectivity index is 2.49. The van der Waals surface area contributed by atoms with Gasteiger partial charge in [0.15, 0.2) is 0 Å². The lowest BCUT2D eigenvalue weighted by Gasteiger charge is -2.08. The number of nitrogens with zero attached hydrogens (tertiary/aromatic N) is 1. The first-order valence-corrected chi connectivity index (χ1v) is 6.11. The van der Waals surface area contributed by atoms with Crippen LogP contribution in [0.3, 0.4) is 0 Å². The fourth-order valence-corrected chi connectivity index (χ4v) is 2.24. The lowest BCUT2D eigenvalue weighted by Crippen LogP contribution is -2.32. The third-order valence-electron chi connectivity index (χ3n) is 2.99. The average molecular weight is 281 g/mol. The highest BCUT2D eigenvalue weighted by Crippen LogP contribution is 2.22. The van der Waals surface area contributed by atoms with Gasteiger partial charge in [-0.2, -0.15) is 0 Å². The minimum absolute atomic E-state index is 0.117. The lowest BCUT2D eigenvalue weighted by atomic mass is 10.1. The molecule has 0 saturated carbocycles. The first-order chi connectivity index (χ1) is 9.04. The Morgan fingerprint density at radius 1 is 1.42 bits per heavy atom. The van der Waals surface area contributed by atoms with E-state index in [1.165, 1.54) is 11.5 Å². The summed E-state index contributed by atoms with van der Waals surface area (Å²) in [6, 6.07) is 6.47.